The minimum Gasteiger partial charge on any atom is -0.295 e. The van der Waals surface area contributed by atoms with Crippen molar-refractivity contribution in [3.8, 4) is 11.1 Å². The second-order valence-corrected chi connectivity index (χ2v) is 5.09. The molecule has 0 heterocycles. The molecule has 0 spiro atoms. The lowest BCUT2D eigenvalue weighted by atomic mass is 9.97. The highest BCUT2D eigenvalue weighted by molar-refractivity contribution is 5.96. The zero-order valence-electron chi connectivity index (χ0n) is 11.9. The SMILES string of the molecule is CC(=O)/C=C/c1ccc(-c2cccc3ccccc23)cc1. The van der Waals surface area contributed by atoms with Crippen molar-refractivity contribution >= 4 is 22.6 Å². The van der Waals surface area contributed by atoms with E-state index >= 15 is 0 Å². The lowest BCUT2D eigenvalue weighted by Crippen LogP contribution is -1.83. The molecule has 3 aromatic rings. The van der Waals surface area contributed by atoms with Gasteiger partial charge in [0.25, 0.3) is 0 Å². The average molecular weight is 272 g/mol. The first kappa shape index (κ1) is 13.3. The van der Waals surface area contributed by atoms with E-state index in [1.807, 2.05) is 18.2 Å². The molecule has 0 amide bonds. The molecule has 102 valence electrons. The van der Waals surface area contributed by atoms with Gasteiger partial charge in [0, 0.05) is 0 Å². The molecule has 0 bridgehead atoms. The smallest absolute Gasteiger partial charge is 0.152 e. The Hall–Kier alpha value is -2.67. The molecule has 0 saturated heterocycles. The summed E-state index contributed by atoms with van der Waals surface area (Å²) in [4.78, 5) is 11.0. The summed E-state index contributed by atoms with van der Waals surface area (Å²) in [6.07, 6.45) is 3.43. The molecular formula is C20H16O. The molecule has 0 atom stereocenters. The molecule has 0 unspecified atom stereocenters. The minimum atomic E-state index is 0.0631. The zero-order valence-corrected chi connectivity index (χ0v) is 11.9. The van der Waals surface area contributed by atoms with Crippen LogP contribution in [0, 0.1) is 0 Å². The van der Waals surface area contributed by atoms with Gasteiger partial charge in [-0.05, 0) is 40.5 Å². The van der Waals surface area contributed by atoms with Crippen molar-refractivity contribution in [3.05, 3.63) is 78.4 Å². The number of allylic oxidation sites excluding steroid dienone is 1. The molecule has 1 heteroatoms. The topological polar surface area (TPSA) is 17.1 Å². The summed E-state index contributed by atoms with van der Waals surface area (Å²) in [7, 11) is 0. The maximum Gasteiger partial charge on any atom is 0.152 e. The quantitative estimate of drug-likeness (QED) is 0.605. The third-order valence-corrected chi connectivity index (χ3v) is 3.52. The van der Waals surface area contributed by atoms with E-state index in [9.17, 15) is 4.79 Å². The highest BCUT2D eigenvalue weighted by atomic mass is 16.1. The highest BCUT2D eigenvalue weighted by Gasteiger charge is 2.02. The van der Waals surface area contributed by atoms with Crippen molar-refractivity contribution < 1.29 is 4.79 Å². The highest BCUT2D eigenvalue weighted by Crippen LogP contribution is 2.28. The van der Waals surface area contributed by atoms with Crippen LogP contribution in [-0.4, -0.2) is 5.78 Å². The summed E-state index contributed by atoms with van der Waals surface area (Å²) in [5.74, 6) is 0.0631. The second-order valence-electron chi connectivity index (χ2n) is 5.09. The first-order valence-electron chi connectivity index (χ1n) is 7.01. The van der Waals surface area contributed by atoms with Crippen molar-refractivity contribution in [1.29, 1.82) is 0 Å². The summed E-state index contributed by atoms with van der Waals surface area (Å²) in [6.45, 7) is 1.56. The van der Waals surface area contributed by atoms with Gasteiger partial charge in [-0.1, -0.05) is 72.8 Å². The van der Waals surface area contributed by atoms with Gasteiger partial charge in [-0.15, -0.1) is 0 Å². The normalized spacial score (nSPS) is 11.1. The van der Waals surface area contributed by atoms with Crippen LogP contribution in [0.1, 0.15) is 12.5 Å². The van der Waals surface area contributed by atoms with Gasteiger partial charge in [-0.25, -0.2) is 0 Å². The van der Waals surface area contributed by atoms with Crippen LogP contribution in [0.2, 0.25) is 0 Å². The van der Waals surface area contributed by atoms with E-state index in [4.69, 9.17) is 0 Å². The number of fused-ring (bicyclic) bond motifs is 1. The largest absolute Gasteiger partial charge is 0.295 e. The molecule has 3 aromatic carbocycles. The minimum absolute atomic E-state index is 0.0631. The average Bonchev–Trinajstić information content (AvgIpc) is 2.53. The van der Waals surface area contributed by atoms with Crippen LogP contribution in [0.15, 0.2) is 72.8 Å². The van der Waals surface area contributed by atoms with E-state index < -0.39 is 0 Å². The molecule has 0 fully saturated rings. The number of carbonyl (C=O) groups is 1. The number of carbonyl (C=O) groups excluding carboxylic acids is 1. The molecule has 0 radical (unpaired) electrons. The maximum atomic E-state index is 11.0. The van der Waals surface area contributed by atoms with E-state index in [-0.39, 0.29) is 5.78 Å². The Bertz CT molecular complexity index is 805. The Morgan fingerprint density at radius 1 is 0.857 bits per heavy atom. The molecule has 0 saturated carbocycles. The molecule has 0 aliphatic rings. The lowest BCUT2D eigenvalue weighted by molar-refractivity contribution is -0.112. The van der Waals surface area contributed by atoms with Gasteiger partial charge in [-0.3, -0.25) is 4.79 Å². The molecule has 1 nitrogen and oxygen atoms in total. The molecular weight excluding hydrogens is 256 g/mol. The standard InChI is InChI=1S/C20H16O/c1-15(21)9-10-16-11-13-18(14-12-16)20-8-4-6-17-5-2-3-7-19(17)20/h2-14H,1H3/b10-9+. The predicted molar refractivity (Wildman–Crippen MR) is 89.1 cm³/mol. The number of hydrogen-bond acceptors (Lipinski definition) is 1. The number of benzene rings is 3. The Kier molecular flexibility index (Phi) is 3.65. The Morgan fingerprint density at radius 2 is 1.57 bits per heavy atom. The first-order chi connectivity index (χ1) is 10.2. The van der Waals surface area contributed by atoms with E-state index in [2.05, 4.69) is 54.6 Å². The monoisotopic (exact) mass is 272 g/mol. The van der Waals surface area contributed by atoms with Gasteiger partial charge >= 0.3 is 0 Å². The van der Waals surface area contributed by atoms with Crippen LogP contribution >= 0.6 is 0 Å². The fraction of sp³-hybridized carbons (Fsp3) is 0.0500. The van der Waals surface area contributed by atoms with Crippen LogP contribution in [0.25, 0.3) is 28.0 Å². The Labute approximate surface area is 124 Å². The van der Waals surface area contributed by atoms with Crippen LogP contribution in [0.4, 0.5) is 0 Å². The number of rotatable bonds is 3. The fourth-order valence-electron chi connectivity index (χ4n) is 2.46. The van der Waals surface area contributed by atoms with Gasteiger partial charge < -0.3 is 0 Å². The van der Waals surface area contributed by atoms with Crippen molar-refractivity contribution in [1.82, 2.24) is 0 Å². The summed E-state index contributed by atoms with van der Waals surface area (Å²) in [5.41, 5.74) is 3.45. The molecule has 0 aliphatic heterocycles. The first-order valence-corrected chi connectivity index (χ1v) is 7.01. The van der Waals surface area contributed by atoms with Crippen molar-refractivity contribution in [3.63, 3.8) is 0 Å². The zero-order chi connectivity index (χ0) is 14.7. The molecule has 3 rings (SSSR count). The van der Waals surface area contributed by atoms with Crippen molar-refractivity contribution in [2.45, 2.75) is 6.92 Å². The van der Waals surface area contributed by atoms with Gasteiger partial charge in [0.15, 0.2) is 5.78 Å². The van der Waals surface area contributed by atoms with Crippen molar-refractivity contribution in [2.24, 2.45) is 0 Å². The third kappa shape index (κ3) is 2.92. The van der Waals surface area contributed by atoms with Gasteiger partial charge in [0.2, 0.25) is 0 Å². The summed E-state index contributed by atoms with van der Waals surface area (Å²) >= 11 is 0. The number of hydrogen-bond donors (Lipinski definition) is 0. The van der Waals surface area contributed by atoms with E-state index in [0.29, 0.717) is 0 Å². The molecule has 0 N–H and O–H groups in total. The summed E-state index contributed by atoms with van der Waals surface area (Å²) in [5, 5.41) is 2.50. The van der Waals surface area contributed by atoms with E-state index in [1.54, 1.807) is 13.0 Å². The Balaban J connectivity index is 2.01. The Morgan fingerprint density at radius 3 is 2.33 bits per heavy atom. The third-order valence-electron chi connectivity index (χ3n) is 3.52. The van der Waals surface area contributed by atoms with Gasteiger partial charge in [-0.2, -0.15) is 0 Å². The fourth-order valence-corrected chi connectivity index (χ4v) is 2.46. The van der Waals surface area contributed by atoms with Crippen molar-refractivity contribution in [2.75, 3.05) is 0 Å². The van der Waals surface area contributed by atoms with Gasteiger partial charge in [0.1, 0.15) is 0 Å². The second kappa shape index (κ2) is 5.76. The van der Waals surface area contributed by atoms with E-state index in [0.717, 1.165) is 5.56 Å². The van der Waals surface area contributed by atoms with Crippen LogP contribution in [0.5, 0.6) is 0 Å². The summed E-state index contributed by atoms with van der Waals surface area (Å²) in [6, 6.07) is 23.0. The van der Waals surface area contributed by atoms with Gasteiger partial charge in [0.05, 0.1) is 0 Å². The molecule has 0 aromatic heterocycles. The molecule has 0 aliphatic carbocycles. The van der Waals surface area contributed by atoms with Crippen LogP contribution in [0.3, 0.4) is 0 Å². The van der Waals surface area contributed by atoms with E-state index in [1.165, 1.54) is 21.9 Å². The molecule has 21 heavy (non-hydrogen) atoms. The number of ketones is 1. The van der Waals surface area contributed by atoms with Crippen LogP contribution in [-0.2, 0) is 4.79 Å². The maximum absolute atomic E-state index is 11.0. The van der Waals surface area contributed by atoms with Crippen LogP contribution < -0.4 is 0 Å². The lowest BCUT2D eigenvalue weighted by Gasteiger charge is -2.07. The predicted octanol–water partition coefficient (Wildman–Crippen LogP) is 5.11. The summed E-state index contributed by atoms with van der Waals surface area (Å²) < 4.78 is 0.